The number of benzene rings is 3. The van der Waals surface area contributed by atoms with Crippen molar-refractivity contribution in [2.24, 2.45) is 0 Å². The molecule has 8 nitrogen and oxygen atoms in total. The number of anilines is 1. The maximum atomic E-state index is 13.5. The van der Waals surface area contributed by atoms with Gasteiger partial charge in [0.1, 0.15) is 12.6 Å². The number of ether oxygens (including phenoxy) is 1. The van der Waals surface area contributed by atoms with Crippen molar-refractivity contribution in [1.82, 2.24) is 15.2 Å². The van der Waals surface area contributed by atoms with Crippen molar-refractivity contribution >= 4 is 34.4 Å². The molecule has 0 bridgehead atoms. The molecule has 1 aliphatic carbocycles. The van der Waals surface area contributed by atoms with Gasteiger partial charge in [0.2, 0.25) is 5.91 Å². The molecule has 6 rings (SSSR count). The SMILES string of the molecule is O=C(NC1CC1)c1ccc(-c2csc(NC(=O)[C@@H]3Cc4ccccc4CN3C(=O)OCc3ccccc3)n2)cc1. The van der Waals surface area contributed by atoms with Gasteiger partial charge in [0, 0.05) is 29.0 Å². The van der Waals surface area contributed by atoms with Gasteiger partial charge in [0.25, 0.3) is 5.91 Å². The lowest BCUT2D eigenvalue weighted by atomic mass is 9.94. The minimum Gasteiger partial charge on any atom is -0.445 e. The van der Waals surface area contributed by atoms with Crippen LogP contribution in [0.5, 0.6) is 0 Å². The van der Waals surface area contributed by atoms with E-state index >= 15 is 0 Å². The predicted octanol–water partition coefficient (Wildman–Crippen LogP) is 5.40. The van der Waals surface area contributed by atoms with Gasteiger partial charge in [-0.25, -0.2) is 9.78 Å². The van der Waals surface area contributed by atoms with Crippen LogP contribution in [0.15, 0.2) is 84.2 Å². The summed E-state index contributed by atoms with van der Waals surface area (Å²) in [6.07, 6.45) is 1.92. The fourth-order valence-corrected chi connectivity index (χ4v) is 5.42. The van der Waals surface area contributed by atoms with E-state index in [2.05, 4.69) is 15.6 Å². The molecule has 1 atom stereocenters. The number of carbonyl (C=O) groups is 3. The first-order valence-corrected chi connectivity index (χ1v) is 14.1. The third-order valence-corrected chi connectivity index (χ3v) is 7.84. The number of hydrogen-bond acceptors (Lipinski definition) is 6. The van der Waals surface area contributed by atoms with Gasteiger partial charge in [-0.2, -0.15) is 0 Å². The zero-order valence-electron chi connectivity index (χ0n) is 21.7. The highest BCUT2D eigenvalue weighted by Crippen LogP contribution is 2.28. The molecule has 1 aromatic heterocycles. The number of nitrogens with zero attached hydrogens (tertiary/aromatic N) is 2. The third-order valence-electron chi connectivity index (χ3n) is 7.08. The Morgan fingerprint density at radius 2 is 1.65 bits per heavy atom. The van der Waals surface area contributed by atoms with Crippen molar-refractivity contribution in [2.75, 3.05) is 5.32 Å². The van der Waals surface area contributed by atoms with Crippen LogP contribution in [0, 0.1) is 0 Å². The van der Waals surface area contributed by atoms with E-state index in [1.807, 2.05) is 72.1 Å². The summed E-state index contributed by atoms with van der Waals surface area (Å²) >= 11 is 1.31. The first-order valence-electron chi connectivity index (χ1n) is 13.3. The molecule has 2 heterocycles. The molecular weight excluding hydrogens is 524 g/mol. The zero-order chi connectivity index (χ0) is 27.5. The van der Waals surface area contributed by atoms with Crippen molar-refractivity contribution in [2.45, 2.75) is 44.5 Å². The van der Waals surface area contributed by atoms with Gasteiger partial charge in [0.15, 0.2) is 5.13 Å². The molecule has 9 heteroatoms. The van der Waals surface area contributed by atoms with Crippen LogP contribution < -0.4 is 10.6 Å². The Balaban J connectivity index is 1.14. The monoisotopic (exact) mass is 552 g/mol. The second-order valence-corrected chi connectivity index (χ2v) is 10.9. The van der Waals surface area contributed by atoms with Crippen molar-refractivity contribution in [3.63, 3.8) is 0 Å². The lowest BCUT2D eigenvalue weighted by molar-refractivity contribution is -0.121. The molecule has 4 aromatic rings. The zero-order valence-corrected chi connectivity index (χ0v) is 22.5. The van der Waals surface area contributed by atoms with E-state index in [4.69, 9.17) is 4.74 Å². The van der Waals surface area contributed by atoms with Gasteiger partial charge >= 0.3 is 6.09 Å². The molecule has 0 saturated heterocycles. The summed E-state index contributed by atoms with van der Waals surface area (Å²) in [6, 6.07) is 24.1. The van der Waals surface area contributed by atoms with Crippen LogP contribution in [-0.4, -0.2) is 39.9 Å². The normalized spacial score (nSPS) is 16.1. The van der Waals surface area contributed by atoms with Crippen molar-refractivity contribution in [1.29, 1.82) is 0 Å². The summed E-state index contributed by atoms with van der Waals surface area (Å²) in [6.45, 7) is 0.411. The highest BCUT2D eigenvalue weighted by molar-refractivity contribution is 7.14. The molecule has 2 N–H and O–H groups in total. The Hall–Kier alpha value is -4.50. The highest BCUT2D eigenvalue weighted by Gasteiger charge is 2.36. The number of rotatable bonds is 7. The van der Waals surface area contributed by atoms with E-state index in [9.17, 15) is 14.4 Å². The summed E-state index contributed by atoms with van der Waals surface area (Å²) in [5, 5.41) is 8.18. The topological polar surface area (TPSA) is 101 Å². The Kier molecular flexibility index (Phi) is 7.29. The van der Waals surface area contributed by atoms with Crippen LogP contribution in [0.25, 0.3) is 11.3 Å². The van der Waals surface area contributed by atoms with E-state index in [1.54, 1.807) is 12.1 Å². The van der Waals surface area contributed by atoms with Crippen LogP contribution in [0.1, 0.15) is 39.9 Å². The molecule has 202 valence electrons. The average molecular weight is 553 g/mol. The first-order chi connectivity index (χ1) is 19.5. The Bertz CT molecular complexity index is 1530. The predicted molar refractivity (Wildman–Crippen MR) is 153 cm³/mol. The van der Waals surface area contributed by atoms with E-state index in [-0.39, 0.29) is 25.0 Å². The van der Waals surface area contributed by atoms with E-state index < -0.39 is 12.1 Å². The molecular formula is C31H28N4O4S. The van der Waals surface area contributed by atoms with Gasteiger partial charge in [-0.05, 0) is 41.7 Å². The number of thiazole rings is 1. The standard InChI is InChI=1S/C31H28N4O4S/c36-28(32-25-14-15-25)22-12-10-21(11-13-22)26-19-40-30(33-26)34-29(37)27-16-23-8-4-5-9-24(23)17-35(27)31(38)39-18-20-6-2-1-3-7-20/h1-13,19,25,27H,14-18H2,(H,32,36)(H,33,34,37)/t27-/m0/s1. The number of carbonyl (C=O) groups excluding carboxylic acids is 3. The van der Waals surface area contributed by atoms with Crippen molar-refractivity contribution in [3.8, 4) is 11.3 Å². The summed E-state index contributed by atoms with van der Waals surface area (Å²) in [7, 11) is 0. The van der Waals surface area contributed by atoms with E-state index in [0.717, 1.165) is 35.1 Å². The molecule has 0 spiro atoms. The van der Waals surface area contributed by atoms with E-state index in [0.29, 0.717) is 28.9 Å². The first kappa shape index (κ1) is 25.8. The van der Waals surface area contributed by atoms with Crippen LogP contribution in [0.2, 0.25) is 0 Å². The second kappa shape index (κ2) is 11.3. The molecule has 3 amide bonds. The summed E-state index contributed by atoms with van der Waals surface area (Å²) in [4.78, 5) is 45.0. The van der Waals surface area contributed by atoms with Gasteiger partial charge < -0.3 is 15.4 Å². The van der Waals surface area contributed by atoms with E-state index in [1.165, 1.54) is 16.2 Å². The molecule has 1 fully saturated rings. The minimum absolute atomic E-state index is 0.0683. The fraction of sp³-hybridized carbons (Fsp3) is 0.226. The number of nitrogens with one attached hydrogen (secondary N) is 2. The summed E-state index contributed by atoms with van der Waals surface area (Å²) in [5.41, 5.74) is 5.05. The molecule has 40 heavy (non-hydrogen) atoms. The molecule has 0 radical (unpaired) electrons. The van der Waals surface area contributed by atoms with Gasteiger partial charge in [-0.1, -0.05) is 66.7 Å². The Labute approximate surface area is 236 Å². The van der Waals surface area contributed by atoms with Gasteiger partial charge in [-0.3, -0.25) is 14.5 Å². The molecule has 2 aliphatic rings. The number of aromatic nitrogens is 1. The summed E-state index contributed by atoms with van der Waals surface area (Å²) in [5.74, 6) is -0.389. The second-order valence-electron chi connectivity index (χ2n) is 10.0. The van der Waals surface area contributed by atoms with Crippen LogP contribution in [0.3, 0.4) is 0 Å². The molecule has 1 aliphatic heterocycles. The largest absolute Gasteiger partial charge is 0.445 e. The van der Waals surface area contributed by atoms with Gasteiger partial charge in [-0.15, -0.1) is 11.3 Å². The number of hydrogen-bond donors (Lipinski definition) is 2. The molecule has 3 aromatic carbocycles. The number of amides is 3. The lowest BCUT2D eigenvalue weighted by Gasteiger charge is -2.35. The summed E-state index contributed by atoms with van der Waals surface area (Å²) < 4.78 is 5.59. The maximum absolute atomic E-state index is 13.5. The van der Waals surface area contributed by atoms with Crippen LogP contribution >= 0.6 is 11.3 Å². The smallest absolute Gasteiger partial charge is 0.411 e. The molecule has 0 unspecified atom stereocenters. The third kappa shape index (κ3) is 5.89. The Morgan fingerprint density at radius 3 is 2.40 bits per heavy atom. The fourth-order valence-electron chi connectivity index (χ4n) is 4.69. The lowest BCUT2D eigenvalue weighted by Crippen LogP contribution is -2.50. The van der Waals surface area contributed by atoms with Crippen LogP contribution in [-0.2, 0) is 29.1 Å². The maximum Gasteiger partial charge on any atom is 0.411 e. The minimum atomic E-state index is -0.741. The van der Waals surface area contributed by atoms with Crippen molar-refractivity contribution in [3.05, 3.63) is 106 Å². The highest BCUT2D eigenvalue weighted by atomic mass is 32.1. The Morgan fingerprint density at radius 1 is 0.925 bits per heavy atom. The molecule has 1 saturated carbocycles. The van der Waals surface area contributed by atoms with Gasteiger partial charge in [0.05, 0.1) is 12.2 Å². The average Bonchev–Trinajstić information content (AvgIpc) is 3.69. The number of fused-ring (bicyclic) bond motifs is 1. The van der Waals surface area contributed by atoms with Crippen LogP contribution in [0.4, 0.5) is 9.93 Å². The quantitative estimate of drug-likeness (QED) is 0.320. The van der Waals surface area contributed by atoms with Crippen molar-refractivity contribution < 1.29 is 19.1 Å².